The number of hydrogen-bond acceptors (Lipinski definition) is 4. The van der Waals surface area contributed by atoms with E-state index in [1.165, 1.54) is 12.1 Å². The van der Waals surface area contributed by atoms with Crippen molar-refractivity contribution in [1.82, 2.24) is 5.32 Å². The maximum Gasteiger partial charge on any atom is 0.262 e. The van der Waals surface area contributed by atoms with Gasteiger partial charge >= 0.3 is 0 Å². The van der Waals surface area contributed by atoms with E-state index in [2.05, 4.69) is 5.32 Å². The van der Waals surface area contributed by atoms with Gasteiger partial charge in [-0.2, -0.15) is 5.26 Å². The molecule has 104 valence electrons. The summed E-state index contributed by atoms with van der Waals surface area (Å²) in [6, 6.07) is 6.80. The van der Waals surface area contributed by atoms with Crippen molar-refractivity contribution in [2.75, 3.05) is 6.61 Å². The smallest absolute Gasteiger partial charge is 0.262 e. The highest BCUT2D eigenvalue weighted by atomic mass is 16.5. The molecule has 20 heavy (non-hydrogen) atoms. The molecule has 0 saturated heterocycles. The zero-order valence-electron chi connectivity index (χ0n) is 11.2. The molecule has 1 aromatic rings. The highest BCUT2D eigenvalue weighted by Gasteiger charge is 2.24. The number of hydrogen-bond donors (Lipinski definition) is 2. The molecule has 1 saturated carbocycles. The van der Waals surface area contributed by atoms with Gasteiger partial charge in [-0.1, -0.05) is 6.07 Å². The number of phenolic OH excluding ortho intramolecular Hbond substituents is 1. The van der Waals surface area contributed by atoms with E-state index in [4.69, 9.17) is 10.00 Å². The Hall–Kier alpha value is -2.48. The number of nitriles is 1. The first-order valence-corrected chi connectivity index (χ1v) is 6.52. The van der Waals surface area contributed by atoms with Crippen molar-refractivity contribution < 1.29 is 14.6 Å². The van der Waals surface area contributed by atoms with E-state index in [1.807, 2.05) is 13.0 Å². The Kier molecular flexibility index (Phi) is 4.26. The summed E-state index contributed by atoms with van der Waals surface area (Å²) in [4.78, 5) is 11.8. The monoisotopic (exact) mass is 272 g/mol. The van der Waals surface area contributed by atoms with Crippen LogP contribution in [0.1, 0.15) is 25.3 Å². The van der Waals surface area contributed by atoms with E-state index in [9.17, 15) is 9.90 Å². The third-order valence-electron chi connectivity index (χ3n) is 2.87. The highest BCUT2D eigenvalue weighted by Crippen LogP contribution is 2.28. The van der Waals surface area contributed by atoms with Gasteiger partial charge in [0.25, 0.3) is 5.91 Å². The molecular weight excluding hydrogens is 256 g/mol. The molecule has 0 unspecified atom stereocenters. The molecule has 2 rings (SSSR count). The van der Waals surface area contributed by atoms with E-state index in [1.54, 1.807) is 12.1 Å². The van der Waals surface area contributed by atoms with Crippen LogP contribution >= 0.6 is 0 Å². The summed E-state index contributed by atoms with van der Waals surface area (Å²) >= 11 is 0. The first kappa shape index (κ1) is 13.9. The first-order chi connectivity index (χ1) is 9.63. The lowest BCUT2D eigenvalue weighted by Gasteiger charge is -2.07. The Balaban J connectivity index is 2.20. The molecule has 1 aromatic carbocycles. The summed E-state index contributed by atoms with van der Waals surface area (Å²) in [7, 11) is 0. The van der Waals surface area contributed by atoms with Crippen molar-refractivity contribution in [3.63, 3.8) is 0 Å². The average molecular weight is 272 g/mol. The second-order valence-corrected chi connectivity index (χ2v) is 4.58. The van der Waals surface area contributed by atoms with Gasteiger partial charge in [-0.05, 0) is 43.5 Å². The second-order valence-electron chi connectivity index (χ2n) is 4.58. The normalized spacial score (nSPS) is 14.5. The van der Waals surface area contributed by atoms with Crippen molar-refractivity contribution >= 4 is 12.0 Å². The Morgan fingerprint density at radius 1 is 1.60 bits per heavy atom. The summed E-state index contributed by atoms with van der Waals surface area (Å²) in [5.41, 5.74) is 0.679. The number of aromatic hydroxyl groups is 1. The molecule has 0 radical (unpaired) electrons. The lowest BCUT2D eigenvalue weighted by molar-refractivity contribution is -0.117. The van der Waals surface area contributed by atoms with Crippen LogP contribution in [0, 0.1) is 11.3 Å². The number of ether oxygens (including phenoxy) is 1. The molecule has 0 spiro atoms. The molecule has 1 fully saturated rings. The molecule has 0 heterocycles. The van der Waals surface area contributed by atoms with Crippen LogP contribution in [0.2, 0.25) is 0 Å². The largest absolute Gasteiger partial charge is 0.504 e. The van der Waals surface area contributed by atoms with Gasteiger partial charge in [0.2, 0.25) is 0 Å². The third kappa shape index (κ3) is 3.51. The maximum atomic E-state index is 11.8. The minimum atomic E-state index is -0.360. The van der Waals surface area contributed by atoms with Gasteiger partial charge in [-0.25, -0.2) is 0 Å². The minimum Gasteiger partial charge on any atom is -0.504 e. The van der Waals surface area contributed by atoms with Crippen molar-refractivity contribution in [1.29, 1.82) is 5.26 Å². The van der Waals surface area contributed by atoms with Gasteiger partial charge in [-0.15, -0.1) is 0 Å². The molecule has 0 aliphatic heterocycles. The number of rotatable bonds is 5. The highest BCUT2D eigenvalue weighted by molar-refractivity contribution is 6.02. The summed E-state index contributed by atoms with van der Waals surface area (Å²) < 4.78 is 5.26. The number of amides is 1. The van der Waals surface area contributed by atoms with Gasteiger partial charge in [0, 0.05) is 6.04 Å². The molecule has 5 nitrogen and oxygen atoms in total. The van der Waals surface area contributed by atoms with E-state index >= 15 is 0 Å². The third-order valence-corrected chi connectivity index (χ3v) is 2.87. The number of phenols is 1. The van der Waals surface area contributed by atoms with Crippen LogP contribution in [0.3, 0.4) is 0 Å². The Morgan fingerprint density at radius 3 is 2.95 bits per heavy atom. The van der Waals surface area contributed by atoms with Crippen LogP contribution in [-0.2, 0) is 4.79 Å². The fraction of sp³-hybridized carbons (Fsp3) is 0.333. The summed E-state index contributed by atoms with van der Waals surface area (Å²) in [5.74, 6) is 0.00659. The summed E-state index contributed by atoms with van der Waals surface area (Å²) in [6.45, 7) is 2.24. The molecule has 1 aliphatic carbocycles. The standard InChI is InChI=1S/C15H16N2O3/c1-2-20-14-8-10(3-6-13(14)18)7-11(9-16)15(19)17-12-4-5-12/h3,6-8,12,18H,2,4-5H2,1H3,(H,17,19)/b11-7+. The summed E-state index contributed by atoms with van der Waals surface area (Å²) in [5, 5.41) is 21.4. The fourth-order valence-electron chi connectivity index (χ4n) is 1.70. The topological polar surface area (TPSA) is 82.3 Å². The lowest BCUT2D eigenvalue weighted by Crippen LogP contribution is -2.26. The van der Waals surface area contributed by atoms with Crippen molar-refractivity contribution in [3.8, 4) is 17.6 Å². The number of nitrogens with one attached hydrogen (secondary N) is 1. The van der Waals surface area contributed by atoms with Crippen LogP contribution in [0.25, 0.3) is 6.08 Å². The lowest BCUT2D eigenvalue weighted by atomic mass is 10.1. The minimum absolute atomic E-state index is 0.0324. The van der Waals surface area contributed by atoms with Crippen LogP contribution in [0.5, 0.6) is 11.5 Å². The maximum absolute atomic E-state index is 11.8. The Morgan fingerprint density at radius 2 is 2.35 bits per heavy atom. The van der Waals surface area contributed by atoms with Gasteiger partial charge in [-0.3, -0.25) is 4.79 Å². The van der Waals surface area contributed by atoms with E-state index < -0.39 is 0 Å². The first-order valence-electron chi connectivity index (χ1n) is 6.52. The van der Waals surface area contributed by atoms with Crippen molar-refractivity contribution in [3.05, 3.63) is 29.3 Å². The van der Waals surface area contributed by atoms with Crippen LogP contribution in [0.4, 0.5) is 0 Å². The zero-order valence-corrected chi connectivity index (χ0v) is 11.2. The number of carbonyl (C=O) groups is 1. The number of nitrogens with zero attached hydrogens (tertiary/aromatic N) is 1. The molecule has 0 aromatic heterocycles. The van der Waals surface area contributed by atoms with Gasteiger partial charge in [0.05, 0.1) is 6.61 Å². The number of benzene rings is 1. The van der Waals surface area contributed by atoms with Gasteiger partial charge < -0.3 is 15.2 Å². The molecule has 1 amide bonds. The Labute approximate surface area is 117 Å². The van der Waals surface area contributed by atoms with E-state index in [0.29, 0.717) is 17.9 Å². The molecular formula is C15H16N2O3. The quantitative estimate of drug-likeness (QED) is 0.634. The average Bonchev–Trinajstić information content (AvgIpc) is 3.23. The van der Waals surface area contributed by atoms with E-state index in [-0.39, 0.29) is 23.3 Å². The Bertz CT molecular complexity index is 583. The fourth-order valence-corrected chi connectivity index (χ4v) is 1.70. The molecule has 0 bridgehead atoms. The van der Waals surface area contributed by atoms with Crippen molar-refractivity contribution in [2.45, 2.75) is 25.8 Å². The second kappa shape index (κ2) is 6.11. The molecule has 2 N–H and O–H groups in total. The predicted molar refractivity (Wildman–Crippen MR) is 74.0 cm³/mol. The molecule has 1 aliphatic rings. The number of carbonyl (C=O) groups excluding carboxylic acids is 1. The molecule has 0 atom stereocenters. The molecule has 5 heteroatoms. The van der Waals surface area contributed by atoms with Crippen LogP contribution in [-0.4, -0.2) is 23.7 Å². The predicted octanol–water partition coefficient (Wildman–Crippen LogP) is 1.98. The van der Waals surface area contributed by atoms with E-state index in [0.717, 1.165) is 12.8 Å². The van der Waals surface area contributed by atoms with Crippen LogP contribution < -0.4 is 10.1 Å². The zero-order chi connectivity index (χ0) is 14.5. The van der Waals surface area contributed by atoms with Gasteiger partial charge in [0.1, 0.15) is 11.6 Å². The summed E-state index contributed by atoms with van der Waals surface area (Å²) in [6.07, 6.45) is 3.43. The van der Waals surface area contributed by atoms with Crippen LogP contribution in [0.15, 0.2) is 23.8 Å². The van der Waals surface area contributed by atoms with Gasteiger partial charge in [0.15, 0.2) is 11.5 Å². The van der Waals surface area contributed by atoms with Crippen molar-refractivity contribution in [2.24, 2.45) is 0 Å². The SMILES string of the molecule is CCOc1cc(/C=C(\C#N)C(=O)NC2CC2)ccc1O.